The van der Waals surface area contributed by atoms with Gasteiger partial charge in [-0.05, 0) is 48.7 Å². The summed E-state index contributed by atoms with van der Waals surface area (Å²) in [5, 5.41) is 20.4. The summed E-state index contributed by atoms with van der Waals surface area (Å²) in [4.78, 5) is 0.909. The summed E-state index contributed by atoms with van der Waals surface area (Å²) in [7, 11) is 0. The zero-order chi connectivity index (χ0) is 14.5. The van der Waals surface area contributed by atoms with E-state index in [1.165, 1.54) is 11.9 Å². The van der Waals surface area contributed by atoms with E-state index in [1.807, 2.05) is 6.07 Å². The fourth-order valence-corrected chi connectivity index (χ4v) is 2.85. The largest absolute Gasteiger partial charge is 0.507 e. The maximum atomic E-state index is 10.1. The van der Waals surface area contributed by atoms with Crippen molar-refractivity contribution in [3.63, 3.8) is 0 Å². The maximum Gasteiger partial charge on any atom is 0.125 e. The van der Waals surface area contributed by atoms with Crippen molar-refractivity contribution in [1.29, 1.82) is 0 Å². The van der Waals surface area contributed by atoms with Gasteiger partial charge in [-0.1, -0.05) is 24.6 Å². The van der Waals surface area contributed by atoms with Gasteiger partial charge in [0.1, 0.15) is 11.5 Å². The molecule has 0 aliphatic rings. The third-order valence-electron chi connectivity index (χ3n) is 2.77. The molecular weight excluding hydrogens is 294 g/mol. The quantitative estimate of drug-likeness (QED) is 0.565. The minimum absolute atomic E-state index is 0.0531. The number of phenolic OH excluding ortho intramolecular Hbond substituents is 2. The second kappa shape index (κ2) is 6.88. The molecule has 0 aliphatic heterocycles. The van der Waals surface area contributed by atoms with Crippen LogP contribution in [0.3, 0.4) is 0 Å². The molecule has 2 rings (SSSR count). The van der Waals surface area contributed by atoms with Gasteiger partial charge in [0.15, 0.2) is 0 Å². The summed E-state index contributed by atoms with van der Waals surface area (Å²) in [6, 6.07) is 10.2. The van der Waals surface area contributed by atoms with Gasteiger partial charge in [0.05, 0.1) is 5.02 Å². The monoisotopic (exact) mass is 309 g/mol. The minimum atomic E-state index is 0.0531. The number of phenols is 2. The van der Waals surface area contributed by atoms with Crippen LogP contribution in [0.25, 0.3) is 11.1 Å². The van der Waals surface area contributed by atoms with Crippen molar-refractivity contribution < 1.29 is 10.2 Å². The Balaban J connectivity index is 2.30. The van der Waals surface area contributed by atoms with Gasteiger partial charge in [0, 0.05) is 22.6 Å². The van der Waals surface area contributed by atoms with Crippen LogP contribution >= 0.6 is 23.5 Å². The lowest BCUT2D eigenvalue weighted by molar-refractivity contribution is 0.468. The van der Waals surface area contributed by atoms with E-state index in [1.54, 1.807) is 30.3 Å². The Hall–Kier alpha value is -1.36. The number of hydrogen-bond acceptors (Lipinski definition) is 4. The zero-order valence-corrected chi connectivity index (χ0v) is 12.6. The van der Waals surface area contributed by atoms with E-state index in [4.69, 9.17) is 11.6 Å². The van der Waals surface area contributed by atoms with Crippen LogP contribution in [0.4, 0.5) is 0 Å². The van der Waals surface area contributed by atoms with Gasteiger partial charge in [-0.2, -0.15) is 0 Å². The number of hydrogen-bond donors (Lipinski definition) is 3. The summed E-state index contributed by atoms with van der Waals surface area (Å²) in [5.41, 5.74) is 0.970. The Morgan fingerprint density at radius 3 is 2.60 bits per heavy atom. The lowest BCUT2D eigenvalue weighted by Crippen LogP contribution is -2.03. The molecule has 0 fully saturated rings. The smallest absolute Gasteiger partial charge is 0.125 e. The Labute approximate surface area is 127 Å². The van der Waals surface area contributed by atoms with Crippen LogP contribution in [-0.2, 0) is 0 Å². The standard InChI is InChI=1S/C15H16ClNO2S/c1-2-8-17-20-10-6-7-11(14(19)9-10)15-12(16)4-3-5-13(15)18/h3-7,9,17-19H,2,8H2,1H3. The molecule has 0 radical (unpaired) electrons. The van der Waals surface area contributed by atoms with Crippen LogP contribution in [0, 0.1) is 0 Å². The molecule has 3 nitrogen and oxygen atoms in total. The molecule has 0 amide bonds. The van der Waals surface area contributed by atoms with Crippen molar-refractivity contribution in [1.82, 2.24) is 4.72 Å². The van der Waals surface area contributed by atoms with Crippen molar-refractivity contribution in [2.45, 2.75) is 18.2 Å². The Kier molecular flexibility index (Phi) is 5.17. The molecule has 0 unspecified atom stereocenters. The van der Waals surface area contributed by atoms with Gasteiger partial charge in [-0.3, -0.25) is 4.72 Å². The number of aromatic hydroxyl groups is 2. The van der Waals surface area contributed by atoms with Gasteiger partial charge < -0.3 is 10.2 Å². The minimum Gasteiger partial charge on any atom is -0.507 e. The van der Waals surface area contributed by atoms with Gasteiger partial charge in [0.25, 0.3) is 0 Å². The lowest BCUT2D eigenvalue weighted by Gasteiger charge is -2.10. The molecular formula is C15H16ClNO2S. The summed E-state index contributed by atoms with van der Waals surface area (Å²) < 4.78 is 3.19. The van der Waals surface area contributed by atoms with Gasteiger partial charge in [-0.25, -0.2) is 0 Å². The molecule has 2 aromatic rings. The topological polar surface area (TPSA) is 52.5 Å². The van der Waals surface area contributed by atoms with Crippen molar-refractivity contribution in [2.24, 2.45) is 0 Å². The van der Waals surface area contributed by atoms with E-state index in [9.17, 15) is 10.2 Å². The van der Waals surface area contributed by atoms with Crippen LogP contribution in [0.15, 0.2) is 41.3 Å². The summed E-state index contributed by atoms with van der Waals surface area (Å²) in [6.45, 7) is 2.99. The fourth-order valence-electron chi connectivity index (χ4n) is 1.80. The summed E-state index contributed by atoms with van der Waals surface area (Å²) >= 11 is 7.56. The van der Waals surface area contributed by atoms with Crippen molar-refractivity contribution in [3.8, 4) is 22.6 Å². The predicted molar refractivity (Wildman–Crippen MR) is 84.4 cm³/mol. The molecule has 0 saturated carbocycles. The predicted octanol–water partition coefficient (Wildman–Crippen LogP) is 4.42. The molecule has 20 heavy (non-hydrogen) atoms. The van der Waals surface area contributed by atoms with E-state index in [0.29, 0.717) is 16.1 Å². The second-order valence-corrected chi connectivity index (χ2v) is 5.68. The van der Waals surface area contributed by atoms with E-state index in [-0.39, 0.29) is 11.5 Å². The van der Waals surface area contributed by atoms with E-state index in [2.05, 4.69) is 11.6 Å². The maximum absolute atomic E-state index is 10.1. The van der Waals surface area contributed by atoms with Crippen LogP contribution in [0.5, 0.6) is 11.5 Å². The SMILES string of the molecule is CCCNSc1ccc(-c2c(O)cccc2Cl)c(O)c1. The molecule has 0 atom stereocenters. The van der Waals surface area contributed by atoms with Gasteiger partial charge >= 0.3 is 0 Å². The van der Waals surface area contributed by atoms with E-state index >= 15 is 0 Å². The number of halogens is 1. The summed E-state index contributed by atoms with van der Waals surface area (Å²) in [6.07, 6.45) is 1.05. The Morgan fingerprint density at radius 1 is 1.15 bits per heavy atom. The van der Waals surface area contributed by atoms with Crippen molar-refractivity contribution in [3.05, 3.63) is 41.4 Å². The first-order valence-electron chi connectivity index (χ1n) is 6.34. The van der Waals surface area contributed by atoms with Crippen LogP contribution in [-0.4, -0.2) is 16.8 Å². The van der Waals surface area contributed by atoms with Gasteiger partial charge in [0.2, 0.25) is 0 Å². The Bertz CT molecular complexity index is 584. The van der Waals surface area contributed by atoms with Crippen LogP contribution in [0.2, 0.25) is 5.02 Å². The van der Waals surface area contributed by atoms with E-state index in [0.717, 1.165) is 17.9 Å². The number of nitrogens with one attached hydrogen (secondary N) is 1. The molecule has 2 aromatic carbocycles. The first-order valence-corrected chi connectivity index (χ1v) is 7.53. The lowest BCUT2D eigenvalue weighted by atomic mass is 10.0. The molecule has 0 bridgehead atoms. The summed E-state index contributed by atoms with van der Waals surface area (Å²) in [5.74, 6) is 0.147. The highest BCUT2D eigenvalue weighted by molar-refractivity contribution is 7.97. The van der Waals surface area contributed by atoms with Gasteiger partial charge in [-0.15, -0.1) is 0 Å². The molecule has 3 N–H and O–H groups in total. The van der Waals surface area contributed by atoms with Crippen LogP contribution in [0.1, 0.15) is 13.3 Å². The first kappa shape index (κ1) is 15.0. The zero-order valence-electron chi connectivity index (χ0n) is 11.1. The van der Waals surface area contributed by atoms with E-state index < -0.39 is 0 Å². The molecule has 106 valence electrons. The normalized spacial score (nSPS) is 10.7. The second-order valence-electron chi connectivity index (χ2n) is 4.31. The average Bonchev–Trinajstić information content (AvgIpc) is 2.41. The average molecular weight is 310 g/mol. The highest BCUT2D eigenvalue weighted by atomic mass is 35.5. The van der Waals surface area contributed by atoms with Crippen molar-refractivity contribution >= 4 is 23.5 Å². The third-order valence-corrected chi connectivity index (χ3v) is 3.93. The van der Waals surface area contributed by atoms with Crippen LogP contribution < -0.4 is 4.72 Å². The molecule has 0 saturated heterocycles. The number of rotatable bonds is 5. The van der Waals surface area contributed by atoms with Crippen molar-refractivity contribution in [2.75, 3.05) is 6.54 Å². The number of benzene rings is 2. The first-order chi connectivity index (χ1) is 9.63. The Morgan fingerprint density at radius 2 is 1.95 bits per heavy atom. The highest BCUT2D eigenvalue weighted by Crippen LogP contribution is 2.41. The molecule has 0 heterocycles. The molecule has 5 heteroatoms. The molecule has 0 aliphatic carbocycles. The molecule has 0 aromatic heterocycles. The third kappa shape index (κ3) is 3.39. The molecule has 0 spiro atoms. The fraction of sp³-hybridized carbons (Fsp3) is 0.200. The highest BCUT2D eigenvalue weighted by Gasteiger charge is 2.13.